The Morgan fingerprint density at radius 3 is 2.76 bits per heavy atom. The fourth-order valence-electron chi connectivity index (χ4n) is 3.09. The summed E-state index contributed by atoms with van der Waals surface area (Å²) in [5.41, 5.74) is 2.41. The first-order valence-electron chi connectivity index (χ1n) is 8.39. The van der Waals surface area contributed by atoms with Gasteiger partial charge in [-0.15, -0.1) is 0 Å². The van der Waals surface area contributed by atoms with E-state index in [9.17, 15) is 4.79 Å². The van der Waals surface area contributed by atoms with Crippen molar-refractivity contribution in [1.29, 1.82) is 0 Å². The van der Waals surface area contributed by atoms with Gasteiger partial charge in [-0.3, -0.25) is 9.58 Å². The average Bonchev–Trinajstić information content (AvgIpc) is 3.08. The lowest BCUT2D eigenvalue weighted by Gasteiger charge is -2.34. The smallest absolute Gasteiger partial charge is 0.316 e. The van der Waals surface area contributed by atoms with Gasteiger partial charge in [0.1, 0.15) is 5.75 Å². The quantitative estimate of drug-likeness (QED) is 0.898. The molecule has 0 fully saturated rings. The second-order valence-electron chi connectivity index (χ2n) is 6.52. The summed E-state index contributed by atoms with van der Waals surface area (Å²) in [4.78, 5) is 15.8. The molecule has 1 aromatic heterocycles. The van der Waals surface area contributed by atoms with E-state index in [0.29, 0.717) is 6.54 Å². The van der Waals surface area contributed by atoms with E-state index < -0.39 is 0 Å². The van der Waals surface area contributed by atoms with Gasteiger partial charge in [0.2, 0.25) is 0 Å². The molecule has 1 aliphatic heterocycles. The summed E-state index contributed by atoms with van der Waals surface area (Å²) < 4.78 is 7.24. The highest BCUT2D eigenvalue weighted by atomic mass is 16.5. The van der Waals surface area contributed by atoms with Crippen molar-refractivity contribution in [3.8, 4) is 5.75 Å². The van der Waals surface area contributed by atoms with E-state index in [1.54, 1.807) is 26.1 Å². The maximum atomic E-state index is 11.8. The van der Waals surface area contributed by atoms with Gasteiger partial charge in [-0.1, -0.05) is 12.1 Å². The zero-order chi connectivity index (χ0) is 17.8. The molecule has 7 heteroatoms. The fraction of sp³-hybridized carbons (Fsp3) is 0.444. The van der Waals surface area contributed by atoms with Crippen LogP contribution in [0.5, 0.6) is 5.75 Å². The minimum atomic E-state index is -0.0824. The van der Waals surface area contributed by atoms with Crippen molar-refractivity contribution in [3.05, 3.63) is 47.8 Å². The molecule has 1 aromatic carbocycles. The molecule has 134 valence electrons. The van der Waals surface area contributed by atoms with E-state index in [0.717, 1.165) is 25.4 Å². The molecule has 0 radical (unpaired) electrons. The lowest BCUT2D eigenvalue weighted by molar-refractivity contribution is 0.162. The first kappa shape index (κ1) is 17.3. The SMILES string of the molecule is COc1ccc(CN2Cc3ccnn3C(CNC(=O)N(C)C)C2)cc1. The van der Waals surface area contributed by atoms with Gasteiger partial charge >= 0.3 is 6.03 Å². The Labute approximate surface area is 148 Å². The van der Waals surface area contributed by atoms with Crippen molar-refractivity contribution in [2.24, 2.45) is 0 Å². The standard InChI is InChI=1S/C18H25N5O2/c1-21(2)18(24)19-10-16-13-22(12-15-8-9-20-23(15)16)11-14-4-6-17(25-3)7-5-14/h4-9,16H,10-13H2,1-3H3,(H,19,24). The summed E-state index contributed by atoms with van der Waals surface area (Å²) >= 11 is 0. The zero-order valence-electron chi connectivity index (χ0n) is 15.0. The van der Waals surface area contributed by atoms with Crippen molar-refractivity contribution in [2.75, 3.05) is 34.3 Å². The molecule has 1 N–H and O–H groups in total. The third kappa shape index (κ3) is 4.11. The predicted octanol–water partition coefficient (Wildman–Crippen LogP) is 1.72. The first-order valence-corrected chi connectivity index (χ1v) is 8.39. The molecule has 2 amide bonds. The Morgan fingerprint density at radius 1 is 1.32 bits per heavy atom. The maximum Gasteiger partial charge on any atom is 0.316 e. The molecule has 25 heavy (non-hydrogen) atoms. The van der Waals surface area contributed by atoms with Crippen LogP contribution in [0.1, 0.15) is 17.3 Å². The molecule has 0 saturated carbocycles. The largest absolute Gasteiger partial charge is 0.497 e. The van der Waals surface area contributed by atoms with E-state index in [2.05, 4.69) is 27.4 Å². The average molecular weight is 343 g/mol. The Hall–Kier alpha value is -2.54. The van der Waals surface area contributed by atoms with Gasteiger partial charge in [-0.2, -0.15) is 5.10 Å². The van der Waals surface area contributed by atoms with Gasteiger partial charge in [0.25, 0.3) is 0 Å². The van der Waals surface area contributed by atoms with E-state index in [-0.39, 0.29) is 12.1 Å². The second kappa shape index (κ2) is 7.57. The summed E-state index contributed by atoms with van der Waals surface area (Å²) in [5.74, 6) is 0.866. The number of rotatable bonds is 5. The third-order valence-electron chi connectivity index (χ3n) is 4.41. The molecule has 1 aliphatic rings. The first-order chi connectivity index (χ1) is 12.1. The zero-order valence-corrected chi connectivity index (χ0v) is 15.0. The summed E-state index contributed by atoms with van der Waals surface area (Å²) in [6.07, 6.45) is 1.83. The number of nitrogens with zero attached hydrogens (tertiary/aromatic N) is 4. The molecular weight excluding hydrogens is 318 g/mol. The highest BCUT2D eigenvalue weighted by Crippen LogP contribution is 2.22. The number of carbonyl (C=O) groups excluding carboxylic acids is 1. The van der Waals surface area contributed by atoms with Crippen LogP contribution in [0.2, 0.25) is 0 Å². The van der Waals surface area contributed by atoms with Gasteiger partial charge < -0.3 is 15.0 Å². The highest BCUT2D eigenvalue weighted by Gasteiger charge is 2.26. The number of urea groups is 1. The van der Waals surface area contributed by atoms with Crippen LogP contribution in [0.3, 0.4) is 0 Å². The fourth-order valence-corrected chi connectivity index (χ4v) is 3.09. The molecule has 3 rings (SSSR count). The number of nitrogens with one attached hydrogen (secondary N) is 1. The molecule has 1 atom stereocenters. The number of aromatic nitrogens is 2. The summed E-state index contributed by atoms with van der Waals surface area (Å²) in [5, 5.41) is 7.40. The molecular formula is C18H25N5O2. The maximum absolute atomic E-state index is 11.8. The predicted molar refractivity (Wildman–Crippen MR) is 95.5 cm³/mol. The van der Waals surface area contributed by atoms with E-state index in [4.69, 9.17) is 4.74 Å². The number of hydrogen-bond donors (Lipinski definition) is 1. The Bertz CT molecular complexity index is 711. The number of fused-ring (bicyclic) bond motifs is 1. The number of benzene rings is 1. The van der Waals surface area contributed by atoms with Crippen LogP contribution in [0.15, 0.2) is 36.5 Å². The van der Waals surface area contributed by atoms with Crippen LogP contribution >= 0.6 is 0 Å². The van der Waals surface area contributed by atoms with Crippen LogP contribution < -0.4 is 10.1 Å². The molecule has 2 aromatic rings. The van der Waals surface area contributed by atoms with Crippen LogP contribution in [0.25, 0.3) is 0 Å². The van der Waals surface area contributed by atoms with Crippen LogP contribution in [0, 0.1) is 0 Å². The molecule has 2 heterocycles. The van der Waals surface area contributed by atoms with E-state index in [1.807, 2.05) is 29.1 Å². The number of hydrogen-bond acceptors (Lipinski definition) is 4. The second-order valence-corrected chi connectivity index (χ2v) is 6.52. The normalized spacial score (nSPS) is 17.0. The minimum absolute atomic E-state index is 0.0824. The van der Waals surface area contributed by atoms with Gasteiger partial charge in [-0.05, 0) is 23.8 Å². The van der Waals surface area contributed by atoms with Crippen molar-refractivity contribution >= 4 is 6.03 Å². The van der Waals surface area contributed by atoms with Gasteiger partial charge in [0.15, 0.2) is 0 Å². The van der Waals surface area contributed by atoms with E-state index >= 15 is 0 Å². The molecule has 0 saturated heterocycles. The number of ether oxygens (including phenoxy) is 1. The van der Waals surface area contributed by atoms with Crippen LogP contribution in [-0.4, -0.2) is 59.9 Å². The number of amides is 2. The molecule has 1 unspecified atom stereocenters. The van der Waals surface area contributed by atoms with Crippen LogP contribution in [0.4, 0.5) is 4.79 Å². The van der Waals surface area contributed by atoms with Crippen molar-refractivity contribution in [3.63, 3.8) is 0 Å². The Morgan fingerprint density at radius 2 is 2.08 bits per heavy atom. The van der Waals surface area contributed by atoms with E-state index in [1.165, 1.54) is 11.3 Å². The minimum Gasteiger partial charge on any atom is -0.497 e. The summed E-state index contributed by atoms with van der Waals surface area (Å²) in [6, 6.07) is 10.2. The lowest BCUT2D eigenvalue weighted by Crippen LogP contribution is -2.44. The van der Waals surface area contributed by atoms with Gasteiger partial charge in [0, 0.05) is 46.5 Å². The van der Waals surface area contributed by atoms with Crippen molar-refractivity contribution in [1.82, 2.24) is 24.9 Å². The van der Waals surface area contributed by atoms with Gasteiger partial charge in [0.05, 0.1) is 18.8 Å². The third-order valence-corrected chi connectivity index (χ3v) is 4.41. The summed E-state index contributed by atoms with van der Waals surface area (Å²) in [6.45, 7) is 3.11. The van der Waals surface area contributed by atoms with Crippen LogP contribution in [-0.2, 0) is 13.1 Å². The monoisotopic (exact) mass is 343 g/mol. The van der Waals surface area contributed by atoms with Crippen molar-refractivity contribution in [2.45, 2.75) is 19.1 Å². The molecule has 0 aliphatic carbocycles. The molecule has 0 spiro atoms. The number of methoxy groups -OCH3 is 1. The topological polar surface area (TPSA) is 62.6 Å². The summed E-state index contributed by atoms with van der Waals surface area (Å²) in [7, 11) is 5.16. The Balaban J connectivity index is 1.67. The number of carbonyl (C=O) groups is 1. The molecule has 7 nitrogen and oxygen atoms in total. The van der Waals surface area contributed by atoms with Crippen molar-refractivity contribution < 1.29 is 9.53 Å². The highest BCUT2D eigenvalue weighted by molar-refractivity contribution is 5.73. The lowest BCUT2D eigenvalue weighted by atomic mass is 10.1. The Kier molecular flexibility index (Phi) is 5.23. The van der Waals surface area contributed by atoms with Gasteiger partial charge in [-0.25, -0.2) is 4.79 Å². The molecule has 0 bridgehead atoms.